The number of nitrogens with two attached hydrogens (primary N) is 1. The molecule has 2 unspecified atom stereocenters. The Kier molecular flexibility index (Phi) is 2.89. The van der Waals surface area contributed by atoms with E-state index in [1.807, 2.05) is 6.07 Å². The van der Waals surface area contributed by atoms with Gasteiger partial charge in [0.25, 0.3) is 0 Å². The molecule has 2 N–H and O–H groups in total. The van der Waals surface area contributed by atoms with Crippen LogP contribution in [0, 0.1) is 5.92 Å². The Balaban J connectivity index is 2.39. The van der Waals surface area contributed by atoms with E-state index in [2.05, 4.69) is 31.0 Å². The summed E-state index contributed by atoms with van der Waals surface area (Å²) in [5, 5.41) is 0.818. The molecule has 1 aliphatic rings. The lowest BCUT2D eigenvalue weighted by atomic mass is 9.89. The van der Waals surface area contributed by atoms with Gasteiger partial charge in [-0.25, -0.2) is 0 Å². The van der Waals surface area contributed by atoms with Crippen molar-refractivity contribution in [2.24, 2.45) is 11.7 Å². The van der Waals surface area contributed by atoms with Crippen molar-refractivity contribution in [3.63, 3.8) is 0 Å². The molecule has 3 heteroatoms. The molecule has 0 aliphatic carbocycles. The summed E-state index contributed by atoms with van der Waals surface area (Å²) in [6.45, 7) is 3.98. The molecule has 0 bridgehead atoms. The molecule has 2 atom stereocenters. The summed E-state index contributed by atoms with van der Waals surface area (Å²) in [6.07, 6.45) is 0. The van der Waals surface area contributed by atoms with Crippen LogP contribution in [-0.2, 0) is 0 Å². The first-order valence-electron chi connectivity index (χ1n) is 5.34. The fourth-order valence-corrected chi connectivity index (χ4v) is 2.49. The highest BCUT2D eigenvalue weighted by Gasteiger charge is 2.29. The van der Waals surface area contributed by atoms with E-state index in [1.54, 1.807) is 0 Å². The van der Waals surface area contributed by atoms with Crippen molar-refractivity contribution in [1.82, 2.24) is 0 Å². The van der Waals surface area contributed by atoms with Gasteiger partial charge in [-0.2, -0.15) is 0 Å². The molecule has 0 saturated heterocycles. The average Bonchev–Trinajstić information content (AvgIpc) is 2.54. The molecule has 82 valence electrons. The summed E-state index contributed by atoms with van der Waals surface area (Å²) in [5.74, 6) is 1.03. The van der Waals surface area contributed by atoms with E-state index in [0.717, 1.165) is 18.1 Å². The molecule has 0 aromatic heterocycles. The summed E-state index contributed by atoms with van der Waals surface area (Å²) >= 11 is 6.03. The van der Waals surface area contributed by atoms with E-state index in [1.165, 1.54) is 11.3 Å². The van der Waals surface area contributed by atoms with Gasteiger partial charge in [-0.1, -0.05) is 18.5 Å². The predicted molar refractivity (Wildman–Crippen MR) is 65.7 cm³/mol. The van der Waals surface area contributed by atoms with Gasteiger partial charge in [-0.3, -0.25) is 0 Å². The number of anilines is 1. The Morgan fingerprint density at radius 1 is 1.60 bits per heavy atom. The van der Waals surface area contributed by atoms with Crippen LogP contribution in [0.3, 0.4) is 0 Å². The smallest absolute Gasteiger partial charge is 0.0410 e. The topological polar surface area (TPSA) is 29.3 Å². The maximum absolute atomic E-state index is 6.03. The maximum Gasteiger partial charge on any atom is 0.0410 e. The van der Waals surface area contributed by atoms with Gasteiger partial charge in [0.15, 0.2) is 0 Å². The molecule has 0 radical (unpaired) electrons. The minimum Gasteiger partial charge on any atom is -0.374 e. The molecule has 0 fully saturated rings. The lowest BCUT2D eigenvalue weighted by molar-refractivity contribution is 0.488. The van der Waals surface area contributed by atoms with Crippen LogP contribution in [0.15, 0.2) is 18.2 Å². The number of nitrogens with zero attached hydrogens (tertiary/aromatic N) is 1. The quantitative estimate of drug-likeness (QED) is 0.837. The average molecular weight is 225 g/mol. The third kappa shape index (κ3) is 1.84. The first-order chi connectivity index (χ1) is 7.13. The third-order valence-electron chi connectivity index (χ3n) is 3.33. The van der Waals surface area contributed by atoms with Crippen molar-refractivity contribution in [3.05, 3.63) is 28.8 Å². The van der Waals surface area contributed by atoms with E-state index in [9.17, 15) is 0 Å². The van der Waals surface area contributed by atoms with Crippen LogP contribution in [0.2, 0.25) is 5.02 Å². The van der Waals surface area contributed by atoms with Crippen molar-refractivity contribution < 1.29 is 0 Å². The molecular formula is C12H17ClN2. The first-order valence-corrected chi connectivity index (χ1v) is 5.72. The number of likely N-dealkylation sites (N-methyl/N-ethyl adjacent to an activating group) is 1. The standard InChI is InChI=1S/C12H17ClN2/c1-8(6-14)11-7-15(2)12-4-3-9(13)5-10(11)12/h3-5,8,11H,6-7,14H2,1-2H3. The molecule has 0 spiro atoms. The second kappa shape index (κ2) is 4.03. The van der Waals surface area contributed by atoms with Gasteiger partial charge in [0, 0.05) is 30.2 Å². The van der Waals surface area contributed by atoms with Crippen LogP contribution >= 0.6 is 11.6 Å². The summed E-state index contributed by atoms with van der Waals surface area (Å²) < 4.78 is 0. The number of rotatable bonds is 2. The van der Waals surface area contributed by atoms with E-state index < -0.39 is 0 Å². The Morgan fingerprint density at radius 2 is 2.33 bits per heavy atom. The van der Waals surface area contributed by atoms with Crippen LogP contribution in [0.25, 0.3) is 0 Å². The number of benzene rings is 1. The second-order valence-electron chi connectivity index (χ2n) is 4.40. The molecule has 1 heterocycles. The van der Waals surface area contributed by atoms with Crippen molar-refractivity contribution >= 4 is 17.3 Å². The lowest BCUT2D eigenvalue weighted by Gasteiger charge is -2.18. The highest BCUT2D eigenvalue weighted by Crippen LogP contribution is 2.40. The van der Waals surface area contributed by atoms with Gasteiger partial charge < -0.3 is 10.6 Å². The van der Waals surface area contributed by atoms with E-state index in [0.29, 0.717) is 11.8 Å². The van der Waals surface area contributed by atoms with Crippen LogP contribution < -0.4 is 10.6 Å². The monoisotopic (exact) mass is 224 g/mol. The van der Waals surface area contributed by atoms with E-state index in [-0.39, 0.29) is 0 Å². The van der Waals surface area contributed by atoms with Gasteiger partial charge in [0.1, 0.15) is 0 Å². The van der Waals surface area contributed by atoms with Crippen LogP contribution in [0.4, 0.5) is 5.69 Å². The van der Waals surface area contributed by atoms with Crippen LogP contribution in [-0.4, -0.2) is 20.1 Å². The molecule has 1 aromatic carbocycles. The molecule has 2 rings (SSSR count). The minimum absolute atomic E-state index is 0.507. The number of fused-ring (bicyclic) bond motifs is 1. The summed E-state index contributed by atoms with van der Waals surface area (Å²) in [6, 6.07) is 6.13. The van der Waals surface area contributed by atoms with Crippen LogP contribution in [0.5, 0.6) is 0 Å². The van der Waals surface area contributed by atoms with Gasteiger partial charge in [-0.05, 0) is 36.2 Å². The van der Waals surface area contributed by atoms with Crippen LogP contribution in [0.1, 0.15) is 18.4 Å². The van der Waals surface area contributed by atoms with E-state index >= 15 is 0 Å². The minimum atomic E-state index is 0.507. The molecule has 1 aromatic rings. The summed E-state index contributed by atoms with van der Waals surface area (Å²) in [4.78, 5) is 2.28. The molecule has 0 amide bonds. The van der Waals surface area contributed by atoms with Gasteiger partial charge in [-0.15, -0.1) is 0 Å². The highest BCUT2D eigenvalue weighted by atomic mass is 35.5. The van der Waals surface area contributed by atoms with Crippen molar-refractivity contribution in [2.75, 3.05) is 25.0 Å². The van der Waals surface area contributed by atoms with Crippen molar-refractivity contribution in [2.45, 2.75) is 12.8 Å². The lowest BCUT2D eigenvalue weighted by Crippen LogP contribution is -2.23. The zero-order valence-corrected chi connectivity index (χ0v) is 9.96. The Morgan fingerprint density at radius 3 is 3.00 bits per heavy atom. The normalized spacial score (nSPS) is 21.6. The van der Waals surface area contributed by atoms with Gasteiger partial charge >= 0.3 is 0 Å². The molecule has 0 saturated carbocycles. The van der Waals surface area contributed by atoms with Crippen molar-refractivity contribution in [1.29, 1.82) is 0 Å². The van der Waals surface area contributed by atoms with Crippen molar-refractivity contribution in [3.8, 4) is 0 Å². The molecule has 1 aliphatic heterocycles. The summed E-state index contributed by atoms with van der Waals surface area (Å²) in [5.41, 5.74) is 8.39. The fraction of sp³-hybridized carbons (Fsp3) is 0.500. The molecule has 2 nitrogen and oxygen atoms in total. The predicted octanol–water partition coefficient (Wildman–Crippen LogP) is 2.47. The number of hydrogen-bond donors (Lipinski definition) is 1. The molecular weight excluding hydrogens is 208 g/mol. The second-order valence-corrected chi connectivity index (χ2v) is 4.84. The Bertz CT molecular complexity index is 365. The van der Waals surface area contributed by atoms with E-state index in [4.69, 9.17) is 17.3 Å². The maximum atomic E-state index is 6.03. The highest BCUT2D eigenvalue weighted by molar-refractivity contribution is 6.30. The Labute approximate surface area is 96.0 Å². The zero-order valence-electron chi connectivity index (χ0n) is 9.20. The summed E-state index contributed by atoms with van der Waals surface area (Å²) in [7, 11) is 2.12. The van der Waals surface area contributed by atoms with Gasteiger partial charge in [0.05, 0.1) is 0 Å². The SMILES string of the molecule is CC(CN)C1CN(C)c2ccc(Cl)cc21. The van der Waals surface area contributed by atoms with Gasteiger partial charge in [0.2, 0.25) is 0 Å². The number of halogens is 1. The fourth-order valence-electron chi connectivity index (χ4n) is 2.31. The third-order valence-corrected chi connectivity index (χ3v) is 3.56. The number of hydrogen-bond acceptors (Lipinski definition) is 2. The first kappa shape index (κ1) is 10.8. The zero-order chi connectivity index (χ0) is 11.0. The Hall–Kier alpha value is -0.730. The largest absolute Gasteiger partial charge is 0.374 e. The molecule has 15 heavy (non-hydrogen) atoms.